The van der Waals surface area contributed by atoms with Crippen molar-refractivity contribution < 1.29 is 9.90 Å². The number of carbonyl (C=O) groups excluding carboxylic acids is 1. The molecule has 0 bridgehead atoms. The van der Waals surface area contributed by atoms with Crippen molar-refractivity contribution in [2.75, 3.05) is 13.1 Å². The van der Waals surface area contributed by atoms with E-state index in [0.29, 0.717) is 0 Å². The fraction of sp³-hybridized carbons (Fsp3) is 0.533. The molecule has 0 aliphatic carbocycles. The van der Waals surface area contributed by atoms with E-state index in [0.717, 1.165) is 31.5 Å². The second-order valence-corrected chi connectivity index (χ2v) is 5.27. The largest absolute Gasteiger partial charge is 0.385 e. The minimum absolute atomic E-state index is 0.0568. The SMILES string of the molecule is C[C@H](C(=O)N1CCCC1)[C@](C)(O)c1ccccc1. The fourth-order valence-electron chi connectivity index (χ4n) is 2.48. The van der Waals surface area contributed by atoms with Crippen LogP contribution >= 0.6 is 0 Å². The maximum absolute atomic E-state index is 12.3. The zero-order chi connectivity index (χ0) is 13.2. The summed E-state index contributed by atoms with van der Waals surface area (Å²) in [5.41, 5.74) is -0.314. The third-order valence-electron chi connectivity index (χ3n) is 3.99. The number of likely N-dealkylation sites (tertiary alicyclic amines) is 1. The molecule has 1 aliphatic rings. The van der Waals surface area contributed by atoms with Gasteiger partial charge in [-0.15, -0.1) is 0 Å². The molecule has 1 N–H and O–H groups in total. The van der Waals surface area contributed by atoms with Gasteiger partial charge in [-0.25, -0.2) is 0 Å². The highest BCUT2D eigenvalue weighted by Gasteiger charge is 2.37. The van der Waals surface area contributed by atoms with Gasteiger partial charge in [0.15, 0.2) is 0 Å². The summed E-state index contributed by atoms with van der Waals surface area (Å²) in [4.78, 5) is 14.2. The highest BCUT2D eigenvalue weighted by molar-refractivity contribution is 5.80. The van der Waals surface area contributed by atoms with E-state index in [1.807, 2.05) is 42.2 Å². The Labute approximate surface area is 108 Å². The fourth-order valence-corrected chi connectivity index (χ4v) is 2.48. The summed E-state index contributed by atoms with van der Waals surface area (Å²) < 4.78 is 0. The minimum Gasteiger partial charge on any atom is -0.385 e. The molecule has 3 nitrogen and oxygen atoms in total. The normalized spacial score (nSPS) is 20.5. The first kappa shape index (κ1) is 13.1. The Hall–Kier alpha value is -1.35. The van der Waals surface area contributed by atoms with Crippen LogP contribution in [-0.2, 0) is 10.4 Å². The van der Waals surface area contributed by atoms with Gasteiger partial charge in [0.2, 0.25) is 5.91 Å². The second-order valence-electron chi connectivity index (χ2n) is 5.27. The predicted octanol–water partition coefficient (Wildman–Crippen LogP) is 2.15. The number of carbonyl (C=O) groups is 1. The highest BCUT2D eigenvalue weighted by atomic mass is 16.3. The first-order valence-corrected chi connectivity index (χ1v) is 6.60. The van der Waals surface area contributed by atoms with E-state index in [1.54, 1.807) is 6.92 Å². The molecule has 1 aromatic carbocycles. The molecular weight excluding hydrogens is 226 g/mol. The summed E-state index contributed by atoms with van der Waals surface area (Å²) in [6.07, 6.45) is 2.15. The van der Waals surface area contributed by atoms with Gasteiger partial charge >= 0.3 is 0 Å². The van der Waals surface area contributed by atoms with Crippen LogP contribution in [0.4, 0.5) is 0 Å². The number of hydrogen-bond donors (Lipinski definition) is 1. The van der Waals surface area contributed by atoms with Gasteiger partial charge in [0, 0.05) is 13.1 Å². The summed E-state index contributed by atoms with van der Waals surface area (Å²) in [6, 6.07) is 9.42. The summed E-state index contributed by atoms with van der Waals surface area (Å²) >= 11 is 0. The second kappa shape index (κ2) is 5.11. The van der Waals surface area contributed by atoms with Crippen LogP contribution < -0.4 is 0 Å². The quantitative estimate of drug-likeness (QED) is 0.889. The number of aliphatic hydroxyl groups is 1. The molecule has 1 fully saturated rings. The van der Waals surface area contributed by atoms with Crippen LogP contribution in [0.1, 0.15) is 32.3 Å². The lowest BCUT2D eigenvalue weighted by Crippen LogP contribution is -2.42. The van der Waals surface area contributed by atoms with Gasteiger partial charge in [0.1, 0.15) is 0 Å². The molecule has 18 heavy (non-hydrogen) atoms. The van der Waals surface area contributed by atoms with Crippen LogP contribution in [0.5, 0.6) is 0 Å². The van der Waals surface area contributed by atoms with Crippen molar-refractivity contribution in [3.63, 3.8) is 0 Å². The van der Waals surface area contributed by atoms with Crippen molar-refractivity contribution in [3.8, 4) is 0 Å². The molecule has 98 valence electrons. The van der Waals surface area contributed by atoms with Gasteiger partial charge in [0.25, 0.3) is 0 Å². The molecule has 2 rings (SSSR count). The zero-order valence-electron chi connectivity index (χ0n) is 11.1. The third-order valence-corrected chi connectivity index (χ3v) is 3.99. The lowest BCUT2D eigenvalue weighted by molar-refractivity contribution is -0.142. The number of hydrogen-bond acceptors (Lipinski definition) is 2. The van der Waals surface area contributed by atoms with Crippen LogP contribution in [0.15, 0.2) is 30.3 Å². The molecule has 0 unspecified atom stereocenters. The van der Waals surface area contributed by atoms with Gasteiger partial charge < -0.3 is 10.0 Å². The molecule has 2 atom stereocenters. The molecule has 1 heterocycles. The predicted molar refractivity (Wildman–Crippen MR) is 71.0 cm³/mol. The van der Waals surface area contributed by atoms with Crippen molar-refractivity contribution in [2.45, 2.75) is 32.3 Å². The summed E-state index contributed by atoms with van der Waals surface area (Å²) in [5.74, 6) is -0.362. The Balaban J connectivity index is 2.16. The summed E-state index contributed by atoms with van der Waals surface area (Å²) in [6.45, 7) is 5.19. The maximum Gasteiger partial charge on any atom is 0.228 e. The Bertz CT molecular complexity index is 408. The standard InChI is InChI=1S/C15H21NO2/c1-12(14(17)16-10-6-7-11-16)15(2,18)13-8-4-3-5-9-13/h3-5,8-9,12,18H,6-7,10-11H2,1-2H3/t12-,15+/m1/s1. The molecular formula is C15H21NO2. The monoisotopic (exact) mass is 247 g/mol. The third kappa shape index (κ3) is 2.41. The Morgan fingerprint density at radius 3 is 2.39 bits per heavy atom. The first-order valence-electron chi connectivity index (χ1n) is 6.60. The number of amides is 1. The van der Waals surface area contributed by atoms with Crippen LogP contribution in [0.2, 0.25) is 0 Å². The Morgan fingerprint density at radius 1 is 1.28 bits per heavy atom. The molecule has 0 aromatic heterocycles. The number of rotatable bonds is 3. The van der Waals surface area contributed by atoms with Gasteiger partial charge in [-0.1, -0.05) is 37.3 Å². The minimum atomic E-state index is -1.11. The van der Waals surface area contributed by atoms with Crippen LogP contribution in [0.25, 0.3) is 0 Å². The molecule has 0 spiro atoms. The molecule has 1 aromatic rings. The molecule has 0 radical (unpaired) electrons. The highest BCUT2D eigenvalue weighted by Crippen LogP contribution is 2.31. The zero-order valence-corrected chi connectivity index (χ0v) is 11.1. The Kier molecular flexibility index (Phi) is 3.71. The van der Waals surface area contributed by atoms with Crippen molar-refractivity contribution in [1.82, 2.24) is 4.90 Å². The van der Waals surface area contributed by atoms with E-state index in [-0.39, 0.29) is 5.91 Å². The van der Waals surface area contributed by atoms with Crippen molar-refractivity contribution >= 4 is 5.91 Å². The van der Waals surface area contributed by atoms with Crippen molar-refractivity contribution in [2.24, 2.45) is 5.92 Å². The smallest absolute Gasteiger partial charge is 0.228 e. The molecule has 0 saturated carbocycles. The van der Waals surface area contributed by atoms with Gasteiger partial charge in [-0.3, -0.25) is 4.79 Å². The van der Waals surface area contributed by atoms with Crippen LogP contribution in [0.3, 0.4) is 0 Å². The maximum atomic E-state index is 12.3. The van der Waals surface area contributed by atoms with E-state index < -0.39 is 11.5 Å². The van der Waals surface area contributed by atoms with E-state index in [1.165, 1.54) is 0 Å². The lowest BCUT2D eigenvalue weighted by Gasteiger charge is -2.32. The molecule has 3 heteroatoms. The van der Waals surface area contributed by atoms with E-state index in [9.17, 15) is 9.90 Å². The van der Waals surface area contributed by atoms with E-state index in [4.69, 9.17) is 0 Å². The van der Waals surface area contributed by atoms with Crippen LogP contribution in [0, 0.1) is 5.92 Å². The average molecular weight is 247 g/mol. The van der Waals surface area contributed by atoms with Gasteiger partial charge in [-0.2, -0.15) is 0 Å². The Morgan fingerprint density at radius 2 is 1.83 bits per heavy atom. The van der Waals surface area contributed by atoms with Crippen LogP contribution in [-0.4, -0.2) is 29.0 Å². The summed E-state index contributed by atoms with van der Waals surface area (Å²) in [5, 5.41) is 10.6. The number of nitrogens with zero attached hydrogens (tertiary/aromatic N) is 1. The van der Waals surface area contributed by atoms with Gasteiger partial charge in [-0.05, 0) is 25.3 Å². The van der Waals surface area contributed by atoms with Crippen molar-refractivity contribution in [3.05, 3.63) is 35.9 Å². The molecule has 1 saturated heterocycles. The topological polar surface area (TPSA) is 40.5 Å². The molecule has 1 aliphatic heterocycles. The van der Waals surface area contributed by atoms with Crippen molar-refractivity contribution in [1.29, 1.82) is 0 Å². The van der Waals surface area contributed by atoms with Gasteiger partial charge in [0.05, 0.1) is 11.5 Å². The van der Waals surface area contributed by atoms with E-state index >= 15 is 0 Å². The number of benzene rings is 1. The molecule has 1 amide bonds. The average Bonchev–Trinajstić information content (AvgIpc) is 2.92. The van der Waals surface area contributed by atoms with E-state index in [2.05, 4.69) is 0 Å². The lowest BCUT2D eigenvalue weighted by atomic mass is 9.83. The first-order chi connectivity index (χ1) is 8.53. The summed E-state index contributed by atoms with van der Waals surface area (Å²) in [7, 11) is 0.